The van der Waals surface area contributed by atoms with Gasteiger partial charge in [-0.05, 0) is 50.0 Å². The standard InChI is InChI=1S/C29H37NO3/c1-20-12-7-4-5-10-17-26(31)33-29-24(16-11-13-20)18-21(2)22(3)27(29)25(30-28(29)32)19-23-14-8-6-9-15-23/h6,8-11,14-18,20,22,24-25,27H,4-5,7,12-13,19H2,1-3H3,(H,30,32)/t20-,22-,24+,25+,27-,29-/m0/s1. The van der Waals surface area contributed by atoms with Crippen LogP contribution in [0.4, 0.5) is 0 Å². The van der Waals surface area contributed by atoms with Crippen LogP contribution in [0.5, 0.6) is 0 Å². The van der Waals surface area contributed by atoms with Crippen molar-refractivity contribution in [2.75, 3.05) is 0 Å². The molecular formula is C29H37NO3. The highest BCUT2D eigenvalue weighted by molar-refractivity contribution is 5.94. The van der Waals surface area contributed by atoms with Crippen molar-refractivity contribution in [3.63, 3.8) is 0 Å². The van der Waals surface area contributed by atoms with Crippen molar-refractivity contribution in [1.29, 1.82) is 0 Å². The lowest BCUT2D eigenvalue weighted by atomic mass is 9.63. The van der Waals surface area contributed by atoms with Crippen LogP contribution in [-0.2, 0) is 20.7 Å². The van der Waals surface area contributed by atoms with E-state index in [9.17, 15) is 9.59 Å². The Labute approximate surface area is 198 Å². The van der Waals surface area contributed by atoms with Gasteiger partial charge in [-0.1, -0.05) is 86.9 Å². The molecule has 33 heavy (non-hydrogen) atoms. The lowest BCUT2D eigenvalue weighted by Gasteiger charge is -2.44. The summed E-state index contributed by atoms with van der Waals surface area (Å²) >= 11 is 0. The summed E-state index contributed by atoms with van der Waals surface area (Å²) < 4.78 is 6.20. The van der Waals surface area contributed by atoms with Crippen molar-refractivity contribution in [3.8, 4) is 0 Å². The molecule has 4 nitrogen and oxygen atoms in total. The molecular weight excluding hydrogens is 410 g/mol. The minimum Gasteiger partial charge on any atom is -0.444 e. The number of hydrogen-bond donors (Lipinski definition) is 1. The van der Waals surface area contributed by atoms with Crippen molar-refractivity contribution in [3.05, 3.63) is 71.8 Å². The number of ether oxygens (including phenoxy) is 1. The number of allylic oxidation sites excluding steroid dienone is 3. The Kier molecular flexibility index (Phi) is 7.21. The maximum Gasteiger partial charge on any atom is 0.331 e. The van der Waals surface area contributed by atoms with Gasteiger partial charge in [0.25, 0.3) is 5.91 Å². The third kappa shape index (κ3) is 4.85. The predicted molar refractivity (Wildman–Crippen MR) is 131 cm³/mol. The van der Waals surface area contributed by atoms with Crippen LogP contribution in [0.2, 0.25) is 0 Å². The van der Waals surface area contributed by atoms with Gasteiger partial charge in [0.1, 0.15) is 0 Å². The molecule has 0 radical (unpaired) electrons. The van der Waals surface area contributed by atoms with Crippen LogP contribution in [0.25, 0.3) is 0 Å². The second-order valence-corrected chi connectivity index (χ2v) is 10.2. The molecule has 3 aliphatic rings. The van der Waals surface area contributed by atoms with Gasteiger partial charge in [0.15, 0.2) is 0 Å². The molecule has 4 rings (SSSR count). The lowest BCUT2D eigenvalue weighted by Crippen LogP contribution is -2.56. The minimum atomic E-state index is -1.22. The summed E-state index contributed by atoms with van der Waals surface area (Å²) in [7, 11) is 0. The molecule has 1 amide bonds. The van der Waals surface area contributed by atoms with E-state index in [-0.39, 0.29) is 29.7 Å². The van der Waals surface area contributed by atoms with Crippen molar-refractivity contribution < 1.29 is 14.3 Å². The Balaban J connectivity index is 1.75. The Morgan fingerprint density at radius 2 is 1.88 bits per heavy atom. The van der Waals surface area contributed by atoms with E-state index in [1.807, 2.05) is 24.3 Å². The van der Waals surface area contributed by atoms with Gasteiger partial charge in [0.2, 0.25) is 5.60 Å². The van der Waals surface area contributed by atoms with Gasteiger partial charge in [-0.25, -0.2) is 4.79 Å². The molecule has 1 spiro atoms. The predicted octanol–water partition coefficient (Wildman–Crippen LogP) is 5.55. The van der Waals surface area contributed by atoms with Crippen LogP contribution in [0.1, 0.15) is 58.4 Å². The van der Waals surface area contributed by atoms with E-state index in [0.717, 1.165) is 32.1 Å². The average molecular weight is 448 g/mol. The van der Waals surface area contributed by atoms with Crippen molar-refractivity contribution in [2.45, 2.75) is 70.9 Å². The van der Waals surface area contributed by atoms with Crippen LogP contribution >= 0.6 is 0 Å². The van der Waals surface area contributed by atoms with Gasteiger partial charge in [-0.15, -0.1) is 0 Å². The van der Waals surface area contributed by atoms with Crippen molar-refractivity contribution in [2.24, 2.45) is 23.7 Å². The van der Waals surface area contributed by atoms with E-state index in [0.29, 0.717) is 5.92 Å². The molecule has 6 atom stereocenters. The fraction of sp³-hybridized carbons (Fsp3) is 0.517. The fourth-order valence-electron chi connectivity index (χ4n) is 5.89. The summed E-state index contributed by atoms with van der Waals surface area (Å²) in [5, 5.41) is 3.24. The largest absolute Gasteiger partial charge is 0.444 e. The van der Waals surface area contributed by atoms with Crippen LogP contribution in [0, 0.1) is 23.7 Å². The van der Waals surface area contributed by atoms with E-state index in [2.05, 4.69) is 56.4 Å². The molecule has 1 fully saturated rings. The zero-order valence-electron chi connectivity index (χ0n) is 20.1. The molecule has 1 aliphatic carbocycles. The maximum absolute atomic E-state index is 13.7. The van der Waals surface area contributed by atoms with Gasteiger partial charge in [-0.3, -0.25) is 4.79 Å². The van der Waals surface area contributed by atoms with Gasteiger partial charge in [0, 0.05) is 24.0 Å². The maximum atomic E-state index is 13.7. The molecule has 0 unspecified atom stereocenters. The zero-order valence-corrected chi connectivity index (χ0v) is 20.1. The first kappa shape index (κ1) is 23.5. The number of amides is 1. The van der Waals surface area contributed by atoms with E-state index in [1.54, 1.807) is 0 Å². The Morgan fingerprint density at radius 1 is 1.09 bits per heavy atom. The van der Waals surface area contributed by atoms with E-state index in [1.165, 1.54) is 23.6 Å². The summed E-state index contributed by atoms with van der Waals surface area (Å²) in [6, 6.07) is 10.1. The number of esters is 1. The first-order valence-electron chi connectivity index (χ1n) is 12.5. The number of carbonyl (C=O) groups is 2. The highest BCUT2D eigenvalue weighted by Crippen LogP contribution is 2.50. The topological polar surface area (TPSA) is 55.4 Å². The molecule has 1 aromatic carbocycles. The third-order valence-corrected chi connectivity index (χ3v) is 7.82. The second-order valence-electron chi connectivity index (χ2n) is 10.2. The van der Waals surface area contributed by atoms with Gasteiger partial charge < -0.3 is 10.1 Å². The summed E-state index contributed by atoms with van der Waals surface area (Å²) in [6.07, 6.45) is 15.8. The summed E-state index contributed by atoms with van der Waals surface area (Å²) in [4.78, 5) is 26.7. The van der Waals surface area contributed by atoms with Crippen LogP contribution in [0.3, 0.4) is 0 Å². The van der Waals surface area contributed by atoms with E-state index >= 15 is 0 Å². The van der Waals surface area contributed by atoms with Gasteiger partial charge >= 0.3 is 5.97 Å². The van der Waals surface area contributed by atoms with Crippen molar-refractivity contribution in [1.82, 2.24) is 5.32 Å². The van der Waals surface area contributed by atoms with Gasteiger partial charge in [0.05, 0.1) is 0 Å². The number of nitrogens with one attached hydrogen (secondary N) is 1. The molecule has 2 aliphatic heterocycles. The van der Waals surface area contributed by atoms with E-state index < -0.39 is 11.6 Å². The fourth-order valence-corrected chi connectivity index (χ4v) is 5.89. The summed E-state index contributed by atoms with van der Waals surface area (Å²) in [5.74, 6) is -0.269. The van der Waals surface area contributed by atoms with Crippen molar-refractivity contribution >= 4 is 11.9 Å². The molecule has 0 saturated carbocycles. The molecule has 2 heterocycles. The Hall–Kier alpha value is -2.62. The first-order chi connectivity index (χ1) is 15.9. The van der Waals surface area contributed by atoms with Crippen LogP contribution < -0.4 is 5.32 Å². The van der Waals surface area contributed by atoms with Gasteiger partial charge in [-0.2, -0.15) is 0 Å². The average Bonchev–Trinajstić information content (AvgIpc) is 3.06. The SMILES string of the molecule is CC1=C[C@H]2C=CC[C@@H](C)CCCCC=CC(=O)O[C@@]23C(=O)N[C@H](Cc2ccccc2)[C@@H]3[C@H]1C. The lowest BCUT2D eigenvalue weighted by molar-refractivity contribution is -0.172. The first-order valence-corrected chi connectivity index (χ1v) is 12.5. The quantitative estimate of drug-likeness (QED) is 0.478. The second kappa shape index (κ2) is 10.1. The number of rotatable bonds is 2. The molecule has 4 heteroatoms. The minimum absolute atomic E-state index is 0.0935. The highest BCUT2D eigenvalue weighted by atomic mass is 16.6. The highest BCUT2D eigenvalue weighted by Gasteiger charge is 2.64. The molecule has 0 aromatic heterocycles. The normalized spacial score (nSPS) is 35.0. The van der Waals surface area contributed by atoms with E-state index in [4.69, 9.17) is 4.74 Å². The number of carbonyl (C=O) groups excluding carboxylic acids is 2. The third-order valence-electron chi connectivity index (χ3n) is 7.82. The van der Waals surface area contributed by atoms with Crippen LogP contribution in [0.15, 0.2) is 66.3 Å². The molecule has 1 N–H and O–H groups in total. The monoisotopic (exact) mass is 447 g/mol. The summed E-state index contributed by atoms with van der Waals surface area (Å²) in [5.41, 5.74) is 1.21. The number of hydrogen-bond acceptors (Lipinski definition) is 3. The smallest absolute Gasteiger partial charge is 0.331 e. The Morgan fingerprint density at radius 3 is 2.67 bits per heavy atom. The summed E-state index contributed by atoms with van der Waals surface area (Å²) in [6.45, 7) is 6.58. The molecule has 1 aromatic rings. The molecule has 176 valence electrons. The molecule has 1 saturated heterocycles. The molecule has 0 bridgehead atoms. The number of benzene rings is 1. The Bertz CT molecular complexity index is 947. The van der Waals surface area contributed by atoms with Crippen LogP contribution in [-0.4, -0.2) is 23.5 Å². The zero-order chi connectivity index (χ0) is 23.4.